The van der Waals surface area contributed by atoms with Gasteiger partial charge in [-0.3, -0.25) is 0 Å². The summed E-state index contributed by atoms with van der Waals surface area (Å²) >= 11 is 0.0751. The van der Waals surface area contributed by atoms with Crippen LogP contribution in [0.3, 0.4) is 0 Å². The predicted octanol–water partition coefficient (Wildman–Crippen LogP) is 3.21. The van der Waals surface area contributed by atoms with Crippen molar-refractivity contribution >= 4 is 28.7 Å². The molecule has 21 heavy (non-hydrogen) atoms. The molecule has 120 valence electrons. The molecule has 2 atom stereocenters. The van der Waals surface area contributed by atoms with Crippen molar-refractivity contribution in [2.24, 2.45) is 0 Å². The number of esters is 1. The minimum Gasteiger partial charge on any atom is -0.598 e. The van der Waals surface area contributed by atoms with Gasteiger partial charge in [-0.25, -0.2) is 9.78 Å². The molecule has 1 aromatic rings. The number of rotatable bonds is 4. The fourth-order valence-electron chi connectivity index (χ4n) is 1.30. The zero-order chi connectivity index (χ0) is 16.4. The average Bonchev–Trinajstić information content (AvgIpc) is 2.74. The molecule has 0 saturated carbocycles. The first kappa shape index (κ1) is 18.4. The van der Waals surface area contributed by atoms with Crippen LogP contribution in [0, 0.1) is 0 Å². The predicted molar refractivity (Wildman–Crippen MR) is 86.7 cm³/mol. The van der Waals surface area contributed by atoms with Crippen LogP contribution in [0.5, 0.6) is 0 Å². The molecule has 1 rings (SSSR count). The quantitative estimate of drug-likeness (QED) is 0.677. The van der Waals surface area contributed by atoms with Gasteiger partial charge in [0, 0.05) is 11.4 Å². The van der Waals surface area contributed by atoms with Crippen molar-refractivity contribution in [2.75, 3.05) is 0 Å². The average molecular weight is 332 g/mol. The fourth-order valence-corrected chi connectivity index (χ4v) is 2.96. The van der Waals surface area contributed by atoms with E-state index in [-0.39, 0.29) is 16.8 Å². The maximum absolute atomic E-state index is 12.1. The molecule has 0 aliphatic rings. The summed E-state index contributed by atoms with van der Waals surface area (Å²) in [6.45, 7) is 13.0. The molecule has 1 unspecified atom stereocenters. The summed E-state index contributed by atoms with van der Waals surface area (Å²) in [5.41, 5.74) is -0.529. The fraction of sp³-hybridized carbons (Fsp3) is 0.714. The van der Waals surface area contributed by atoms with Gasteiger partial charge in [0.2, 0.25) is 0 Å². The molecule has 0 bridgehead atoms. The molecule has 0 saturated heterocycles. The van der Waals surface area contributed by atoms with Gasteiger partial charge in [0.15, 0.2) is 0 Å². The third kappa shape index (κ3) is 5.94. The Morgan fingerprint density at radius 3 is 2.43 bits per heavy atom. The largest absolute Gasteiger partial charge is 0.598 e. The summed E-state index contributed by atoms with van der Waals surface area (Å²) in [6, 6.07) is -0.189. The highest BCUT2D eigenvalue weighted by atomic mass is 32.2. The monoisotopic (exact) mass is 332 g/mol. The van der Waals surface area contributed by atoms with E-state index in [1.165, 1.54) is 17.5 Å². The van der Waals surface area contributed by atoms with Gasteiger partial charge in [0.25, 0.3) is 0 Å². The van der Waals surface area contributed by atoms with Crippen LogP contribution >= 0.6 is 11.3 Å². The Kier molecular flexibility index (Phi) is 5.83. The third-order valence-corrected chi connectivity index (χ3v) is 5.17. The van der Waals surface area contributed by atoms with Crippen molar-refractivity contribution in [3.8, 4) is 0 Å². The SMILES string of the molecule is C[C@H](N[S+]([O-])C(C)(C)C)c1ncc(C(=O)OC(C)(C)C)s1. The number of ether oxygens (including phenoxy) is 1. The summed E-state index contributed by atoms with van der Waals surface area (Å²) in [5, 5.41) is 0.716. The van der Waals surface area contributed by atoms with Crippen molar-refractivity contribution in [3.63, 3.8) is 0 Å². The molecule has 5 nitrogen and oxygen atoms in total. The molecule has 1 heterocycles. The molecule has 0 spiro atoms. The minimum absolute atomic E-state index is 0.189. The van der Waals surface area contributed by atoms with Crippen LogP contribution in [0.2, 0.25) is 0 Å². The number of carbonyl (C=O) groups excluding carboxylic acids is 1. The number of nitrogens with one attached hydrogen (secondary N) is 1. The second kappa shape index (κ2) is 6.64. The summed E-state index contributed by atoms with van der Waals surface area (Å²) in [4.78, 5) is 16.6. The van der Waals surface area contributed by atoms with Gasteiger partial charge in [-0.1, -0.05) is 0 Å². The Hall–Kier alpha value is -0.630. The highest BCUT2D eigenvalue weighted by Crippen LogP contribution is 2.24. The lowest BCUT2D eigenvalue weighted by Crippen LogP contribution is -2.40. The first-order valence-electron chi connectivity index (χ1n) is 6.77. The van der Waals surface area contributed by atoms with Crippen LogP contribution in [-0.2, 0) is 16.1 Å². The van der Waals surface area contributed by atoms with Crippen LogP contribution in [0.25, 0.3) is 0 Å². The van der Waals surface area contributed by atoms with Gasteiger partial charge < -0.3 is 9.29 Å². The Labute approximate surface area is 133 Å². The van der Waals surface area contributed by atoms with Crippen molar-refractivity contribution < 1.29 is 14.1 Å². The van der Waals surface area contributed by atoms with E-state index in [9.17, 15) is 9.35 Å². The van der Waals surface area contributed by atoms with Crippen LogP contribution in [0.4, 0.5) is 0 Å². The maximum Gasteiger partial charge on any atom is 0.350 e. The molecule has 1 N–H and O–H groups in total. The lowest BCUT2D eigenvalue weighted by molar-refractivity contribution is 0.00749. The van der Waals surface area contributed by atoms with Gasteiger partial charge in [0.1, 0.15) is 26.3 Å². The smallest absolute Gasteiger partial charge is 0.350 e. The molecule has 1 aromatic heterocycles. The van der Waals surface area contributed by atoms with E-state index in [0.717, 1.165) is 0 Å². The standard InChI is InChI=1S/C14H24N2O3S2/c1-9(16-21(18)14(5,6)7)11-15-8-10(20-11)12(17)19-13(2,3)4/h8-9,16H,1-7H3/t9-,21?/m0/s1. The molecule has 0 fully saturated rings. The Morgan fingerprint density at radius 2 is 1.95 bits per heavy atom. The van der Waals surface area contributed by atoms with Gasteiger partial charge in [-0.2, -0.15) is 0 Å². The topological polar surface area (TPSA) is 74.3 Å². The van der Waals surface area contributed by atoms with E-state index in [1.54, 1.807) is 0 Å². The first-order chi connectivity index (χ1) is 9.40. The van der Waals surface area contributed by atoms with Gasteiger partial charge in [0.05, 0.1) is 6.20 Å². The van der Waals surface area contributed by atoms with E-state index >= 15 is 0 Å². The molecular formula is C14H24N2O3S2. The molecule has 0 aliphatic carbocycles. The van der Waals surface area contributed by atoms with Crippen LogP contribution in [0.1, 0.15) is 69.2 Å². The molecule has 0 amide bonds. The molecule has 0 radical (unpaired) electrons. The summed E-state index contributed by atoms with van der Waals surface area (Å²) in [6.07, 6.45) is 1.51. The van der Waals surface area contributed by atoms with Crippen molar-refractivity contribution in [3.05, 3.63) is 16.1 Å². The lowest BCUT2D eigenvalue weighted by atomic mass is 10.2. The lowest BCUT2D eigenvalue weighted by Gasteiger charge is -2.25. The first-order valence-corrected chi connectivity index (χ1v) is 8.74. The normalized spacial score (nSPS) is 15.6. The number of hydrogen-bond acceptors (Lipinski definition) is 6. The highest BCUT2D eigenvalue weighted by molar-refractivity contribution is 7.90. The van der Waals surface area contributed by atoms with Crippen LogP contribution in [-0.4, -0.2) is 25.9 Å². The van der Waals surface area contributed by atoms with Gasteiger partial charge in [-0.05, 0) is 48.5 Å². The third-order valence-electron chi connectivity index (χ3n) is 2.33. The molecular weight excluding hydrogens is 308 g/mol. The number of carbonyl (C=O) groups is 1. The zero-order valence-corrected chi connectivity index (χ0v) is 15.3. The molecule has 0 aromatic carbocycles. The van der Waals surface area contributed by atoms with E-state index in [0.29, 0.717) is 9.88 Å². The second-order valence-electron chi connectivity index (χ2n) is 6.79. The van der Waals surface area contributed by atoms with Crippen LogP contribution in [0.15, 0.2) is 6.20 Å². The van der Waals surface area contributed by atoms with Gasteiger partial charge >= 0.3 is 5.97 Å². The second-order valence-corrected chi connectivity index (χ2v) is 9.85. The number of aromatic nitrogens is 1. The molecule has 0 aliphatic heterocycles. The number of hydrogen-bond donors (Lipinski definition) is 1. The van der Waals surface area contributed by atoms with Crippen molar-refractivity contribution in [1.82, 2.24) is 9.71 Å². The molecule has 7 heteroatoms. The van der Waals surface area contributed by atoms with E-state index in [2.05, 4.69) is 9.71 Å². The van der Waals surface area contributed by atoms with Crippen molar-refractivity contribution in [1.29, 1.82) is 0 Å². The minimum atomic E-state index is -1.18. The summed E-state index contributed by atoms with van der Waals surface area (Å²) in [5.74, 6) is -0.379. The maximum atomic E-state index is 12.1. The summed E-state index contributed by atoms with van der Waals surface area (Å²) in [7, 11) is 0. The Bertz CT molecular complexity index is 489. The Balaban J connectivity index is 2.73. The number of thiazole rings is 1. The zero-order valence-electron chi connectivity index (χ0n) is 13.6. The van der Waals surface area contributed by atoms with E-state index < -0.39 is 17.0 Å². The number of nitrogens with zero attached hydrogens (tertiary/aromatic N) is 1. The van der Waals surface area contributed by atoms with Crippen molar-refractivity contribution in [2.45, 2.75) is 64.9 Å². The Morgan fingerprint density at radius 1 is 1.38 bits per heavy atom. The summed E-state index contributed by atoms with van der Waals surface area (Å²) < 4.78 is 20.0. The van der Waals surface area contributed by atoms with E-state index in [1.807, 2.05) is 48.5 Å². The van der Waals surface area contributed by atoms with Crippen LogP contribution < -0.4 is 4.72 Å². The van der Waals surface area contributed by atoms with Gasteiger partial charge in [-0.15, -0.1) is 16.1 Å². The van der Waals surface area contributed by atoms with E-state index in [4.69, 9.17) is 4.74 Å². The highest BCUT2D eigenvalue weighted by Gasteiger charge is 2.29.